The number of carbonyl (C=O) groups is 2. The molecule has 3 aromatic rings. The maximum absolute atomic E-state index is 13.4. The largest absolute Gasteiger partial charge is 0.339 e. The van der Waals surface area contributed by atoms with E-state index in [0.29, 0.717) is 17.2 Å². The molecule has 2 amide bonds. The van der Waals surface area contributed by atoms with Gasteiger partial charge in [0.2, 0.25) is 5.91 Å². The Morgan fingerprint density at radius 2 is 1.86 bits per heavy atom. The molecule has 10 heteroatoms. The first-order chi connectivity index (χ1) is 17.4. The Hall–Kier alpha value is -4.08. The summed E-state index contributed by atoms with van der Waals surface area (Å²) < 4.78 is 1.54. The van der Waals surface area contributed by atoms with E-state index in [4.69, 9.17) is 0 Å². The van der Waals surface area contributed by atoms with E-state index in [0.717, 1.165) is 49.1 Å². The van der Waals surface area contributed by atoms with Crippen LogP contribution in [0, 0.1) is 19.8 Å². The lowest BCUT2D eigenvalue weighted by atomic mass is 9.83. The Bertz CT molecular complexity index is 1210. The summed E-state index contributed by atoms with van der Waals surface area (Å²) in [4.78, 5) is 26.7. The normalized spacial score (nSPS) is 14.9. The van der Waals surface area contributed by atoms with Gasteiger partial charge in [0.15, 0.2) is 5.82 Å². The average Bonchev–Trinajstić information content (AvgIpc) is 3.51. The molecule has 3 aromatic heterocycles. The third-order valence-electron chi connectivity index (χ3n) is 6.66. The van der Waals surface area contributed by atoms with Crippen molar-refractivity contribution in [3.63, 3.8) is 0 Å². The number of anilines is 1. The predicted octanol–water partition coefficient (Wildman–Crippen LogP) is 3.91. The SMILES string of the molecule is C=CC(C=C)n1nccc1C(=O)N[C@H](C(=O)Nc1ccc(-c2c(C)n[nH]c2C)nn1)C1CCCCC1. The van der Waals surface area contributed by atoms with Crippen molar-refractivity contribution in [2.45, 2.75) is 58.0 Å². The molecule has 0 unspecified atom stereocenters. The number of aromatic nitrogens is 6. The Morgan fingerprint density at radius 3 is 2.47 bits per heavy atom. The van der Waals surface area contributed by atoms with Crippen molar-refractivity contribution >= 4 is 17.6 Å². The van der Waals surface area contributed by atoms with Crippen molar-refractivity contribution in [2.75, 3.05) is 5.32 Å². The number of hydrogen-bond acceptors (Lipinski definition) is 6. The number of rotatable bonds is 9. The van der Waals surface area contributed by atoms with Crippen molar-refractivity contribution in [3.05, 3.63) is 66.8 Å². The maximum Gasteiger partial charge on any atom is 0.270 e. The Morgan fingerprint density at radius 1 is 1.11 bits per heavy atom. The lowest BCUT2D eigenvalue weighted by Gasteiger charge is -2.30. The zero-order valence-corrected chi connectivity index (χ0v) is 20.7. The summed E-state index contributed by atoms with van der Waals surface area (Å²) in [5.74, 6) is -0.347. The van der Waals surface area contributed by atoms with Gasteiger partial charge in [-0.2, -0.15) is 10.2 Å². The van der Waals surface area contributed by atoms with Gasteiger partial charge in [0.25, 0.3) is 5.91 Å². The van der Waals surface area contributed by atoms with Crippen molar-refractivity contribution < 1.29 is 9.59 Å². The third-order valence-corrected chi connectivity index (χ3v) is 6.66. The van der Waals surface area contributed by atoms with Gasteiger partial charge in [-0.25, -0.2) is 4.68 Å². The van der Waals surface area contributed by atoms with Crippen molar-refractivity contribution in [1.29, 1.82) is 0 Å². The number of nitrogens with zero attached hydrogens (tertiary/aromatic N) is 5. The topological polar surface area (TPSA) is 130 Å². The minimum absolute atomic E-state index is 0.0251. The molecule has 4 rings (SSSR count). The molecule has 0 aliphatic heterocycles. The summed E-state index contributed by atoms with van der Waals surface area (Å²) in [5, 5.41) is 25.7. The highest BCUT2D eigenvalue weighted by Crippen LogP contribution is 2.28. The Labute approximate surface area is 210 Å². The number of allylic oxidation sites excluding steroid dienone is 2. The number of hydrogen-bond donors (Lipinski definition) is 3. The molecule has 3 heterocycles. The van der Waals surface area contributed by atoms with Gasteiger partial charge in [-0.05, 0) is 50.8 Å². The molecule has 1 saturated carbocycles. The lowest BCUT2D eigenvalue weighted by Crippen LogP contribution is -2.49. The van der Waals surface area contributed by atoms with Crippen LogP contribution in [-0.4, -0.2) is 48.0 Å². The van der Waals surface area contributed by atoms with Gasteiger partial charge in [0.05, 0.1) is 17.4 Å². The van der Waals surface area contributed by atoms with E-state index in [2.05, 4.69) is 49.3 Å². The molecule has 0 saturated heterocycles. The molecule has 0 bridgehead atoms. The molecule has 36 heavy (non-hydrogen) atoms. The lowest BCUT2D eigenvalue weighted by molar-refractivity contribution is -0.119. The van der Waals surface area contributed by atoms with Crippen LogP contribution in [0.1, 0.15) is 60.0 Å². The second-order valence-electron chi connectivity index (χ2n) is 9.07. The first-order valence-corrected chi connectivity index (χ1v) is 12.2. The summed E-state index contributed by atoms with van der Waals surface area (Å²) in [6.45, 7) is 11.4. The molecule has 1 aliphatic rings. The maximum atomic E-state index is 13.4. The van der Waals surface area contributed by atoms with E-state index < -0.39 is 6.04 Å². The predicted molar refractivity (Wildman–Crippen MR) is 137 cm³/mol. The van der Waals surface area contributed by atoms with Crippen LogP contribution in [0.4, 0.5) is 5.82 Å². The summed E-state index contributed by atoms with van der Waals surface area (Å²) >= 11 is 0. The van der Waals surface area contributed by atoms with E-state index in [-0.39, 0.29) is 23.8 Å². The molecule has 1 atom stereocenters. The van der Waals surface area contributed by atoms with Crippen molar-refractivity contribution in [3.8, 4) is 11.3 Å². The number of nitrogens with one attached hydrogen (secondary N) is 3. The monoisotopic (exact) mass is 488 g/mol. The van der Waals surface area contributed by atoms with E-state index >= 15 is 0 Å². The number of aromatic amines is 1. The average molecular weight is 489 g/mol. The molecule has 0 aromatic carbocycles. The minimum Gasteiger partial charge on any atom is -0.339 e. The number of carbonyl (C=O) groups excluding carboxylic acids is 2. The highest BCUT2D eigenvalue weighted by molar-refractivity contribution is 6.00. The standard InChI is InChI=1S/C26H32N8O2/c1-5-19(6-2)34-21(14-15-27-34)25(35)29-24(18-10-8-7-9-11-18)26(36)28-22-13-12-20(32-33-22)23-16(3)30-31-17(23)4/h5-6,12-15,18-19,24H,1-2,7-11H2,3-4H3,(H,29,35)(H,30,31)(H,28,33,36)/t24-/m0/s1. The van der Waals surface area contributed by atoms with Gasteiger partial charge < -0.3 is 10.6 Å². The molecular weight excluding hydrogens is 456 g/mol. The van der Waals surface area contributed by atoms with E-state index in [1.54, 1.807) is 36.5 Å². The molecule has 3 N–H and O–H groups in total. The zero-order valence-electron chi connectivity index (χ0n) is 20.7. The number of H-pyrrole nitrogens is 1. The summed E-state index contributed by atoms with van der Waals surface area (Å²) in [5.41, 5.74) is 3.62. The molecule has 0 spiro atoms. The first kappa shape index (κ1) is 25.0. The van der Waals surface area contributed by atoms with Crippen LogP contribution in [0.3, 0.4) is 0 Å². The fourth-order valence-electron chi connectivity index (χ4n) is 4.77. The smallest absolute Gasteiger partial charge is 0.270 e. The number of amides is 2. The van der Waals surface area contributed by atoms with Crippen molar-refractivity contribution in [2.24, 2.45) is 5.92 Å². The highest BCUT2D eigenvalue weighted by Gasteiger charge is 2.32. The molecule has 0 radical (unpaired) electrons. The summed E-state index contributed by atoms with van der Waals surface area (Å²) in [6.07, 6.45) is 9.75. The van der Waals surface area contributed by atoms with Crippen LogP contribution < -0.4 is 10.6 Å². The fraction of sp³-hybridized carbons (Fsp3) is 0.385. The Balaban J connectivity index is 1.53. The summed E-state index contributed by atoms with van der Waals surface area (Å²) in [7, 11) is 0. The minimum atomic E-state index is -0.716. The molecular formula is C26H32N8O2. The number of aryl methyl sites for hydroxylation is 2. The molecule has 1 fully saturated rings. The van der Waals surface area contributed by atoms with E-state index in [9.17, 15) is 9.59 Å². The van der Waals surface area contributed by atoms with Crippen LogP contribution in [0.5, 0.6) is 0 Å². The van der Waals surface area contributed by atoms with Gasteiger partial charge in [-0.15, -0.1) is 23.4 Å². The van der Waals surface area contributed by atoms with Gasteiger partial charge in [-0.1, -0.05) is 31.4 Å². The van der Waals surface area contributed by atoms with E-state index in [1.165, 1.54) is 4.68 Å². The van der Waals surface area contributed by atoms with Gasteiger partial charge in [-0.3, -0.25) is 14.7 Å². The second-order valence-corrected chi connectivity index (χ2v) is 9.07. The van der Waals surface area contributed by atoms with Crippen molar-refractivity contribution in [1.82, 2.24) is 35.5 Å². The Kier molecular flexibility index (Phi) is 7.72. The van der Waals surface area contributed by atoms with Crippen LogP contribution in [0.15, 0.2) is 49.7 Å². The summed E-state index contributed by atoms with van der Waals surface area (Å²) in [6, 6.07) is 4.07. The highest BCUT2D eigenvalue weighted by atomic mass is 16.2. The van der Waals surface area contributed by atoms with E-state index in [1.807, 2.05) is 13.8 Å². The zero-order chi connectivity index (χ0) is 25.7. The molecule has 10 nitrogen and oxygen atoms in total. The fourth-order valence-corrected chi connectivity index (χ4v) is 4.77. The quantitative estimate of drug-likeness (QED) is 0.392. The molecule has 1 aliphatic carbocycles. The second kappa shape index (κ2) is 11.1. The third kappa shape index (κ3) is 5.27. The van der Waals surface area contributed by atoms with Crippen LogP contribution in [-0.2, 0) is 4.79 Å². The molecule has 188 valence electrons. The van der Waals surface area contributed by atoms with Gasteiger partial charge in [0, 0.05) is 17.5 Å². The van der Waals surface area contributed by atoms with Gasteiger partial charge in [0.1, 0.15) is 11.7 Å². The van der Waals surface area contributed by atoms with Gasteiger partial charge >= 0.3 is 0 Å². The van der Waals surface area contributed by atoms with Crippen LogP contribution >= 0.6 is 0 Å². The first-order valence-electron chi connectivity index (χ1n) is 12.2. The van der Waals surface area contributed by atoms with Crippen LogP contribution in [0.2, 0.25) is 0 Å². The van der Waals surface area contributed by atoms with Crippen LogP contribution in [0.25, 0.3) is 11.3 Å².